The molecule has 2 rings (SSSR count). The zero-order chi connectivity index (χ0) is 16.0. The number of thiophene rings is 1. The second-order valence-corrected chi connectivity index (χ2v) is 7.49. The normalized spacial score (nSPS) is 11.3. The number of sulfonamides is 1. The van der Waals surface area contributed by atoms with Crippen LogP contribution in [0.15, 0.2) is 46.7 Å². The summed E-state index contributed by atoms with van der Waals surface area (Å²) in [7, 11) is -3.64. The summed E-state index contributed by atoms with van der Waals surface area (Å²) in [6.07, 6.45) is 0.825. The van der Waals surface area contributed by atoms with Gasteiger partial charge in [0.1, 0.15) is 0 Å². The lowest BCUT2D eigenvalue weighted by Crippen LogP contribution is -2.25. The highest BCUT2D eigenvalue weighted by molar-refractivity contribution is 7.89. The second kappa shape index (κ2) is 7.53. The van der Waals surface area contributed by atoms with Gasteiger partial charge in [-0.2, -0.15) is 0 Å². The summed E-state index contributed by atoms with van der Waals surface area (Å²) in [4.78, 5) is 12.9. The maximum Gasteiger partial charge on any atom is 0.251 e. The van der Waals surface area contributed by atoms with E-state index in [4.69, 9.17) is 0 Å². The average molecular weight is 338 g/mol. The molecule has 0 aliphatic carbocycles. The summed E-state index contributed by atoms with van der Waals surface area (Å²) in [6.45, 7) is 2.76. The Morgan fingerprint density at radius 2 is 2.05 bits per heavy atom. The Bertz CT molecular complexity index is 725. The first-order valence-corrected chi connectivity index (χ1v) is 9.29. The molecule has 118 valence electrons. The van der Waals surface area contributed by atoms with Gasteiger partial charge in [-0.15, -0.1) is 11.3 Å². The van der Waals surface area contributed by atoms with Crippen LogP contribution in [0, 0.1) is 0 Å². The molecule has 7 heteroatoms. The standard InChI is InChI=1S/C15H18N2O3S2/c1-2-8-16-15(18)12-5-3-7-14(10-12)22(19,20)17-11-13-6-4-9-21-13/h3-7,9-10,17H,2,8,11H2,1H3,(H,16,18). The lowest BCUT2D eigenvalue weighted by atomic mass is 10.2. The Morgan fingerprint density at radius 1 is 1.23 bits per heavy atom. The van der Waals surface area contributed by atoms with E-state index in [9.17, 15) is 13.2 Å². The fourth-order valence-electron chi connectivity index (χ4n) is 1.81. The van der Waals surface area contributed by atoms with E-state index in [1.165, 1.54) is 23.5 Å². The summed E-state index contributed by atoms with van der Waals surface area (Å²) in [6, 6.07) is 9.77. The number of rotatable bonds is 7. The predicted octanol–water partition coefficient (Wildman–Crippen LogP) is 2.37. The van der Waals surface area contributed by atoms with E-state index in [0.29, 0.717) is 12.1 Å². The highest BCUT2D eigenvalue weighted by atomic mass is 32.2. The summed E-state index contributed by atoms with van der Waals surface area (Å²) < 4.78 is 27.1. The first-order valence-electron chi connectivity index (χ1n) is 6.93. The van der Waals surface area contributed by atoms with Crippen LogP contribution >= 0.6 is 11.3 Å². The zero-order valence-electron chi connectivity index (χ0n) is 12.2. The maximum atomic E-state index is 12.3. The first-order chi connectivity index (χ1) is 10.5. The Hall–Kier alpha value is -1.70. The largest absolute Gasteiger partial charge is 0.352 e. The van der Waals surface area contributed by atoms with E-state index in [0.717, 1.165) is 11.3 Å². The van der Waals surface area contributed by atoms with Gasteiger partial charge in [0, 0.05) is 23.5 Å². The fraction of sp³-hybridized carbons (Fsp3) is 0.267. The minimum atomic E-state index is -3.64. The molecule has 0 unspecified atom stereocenters. The van der Waals surface area contributed by atoms with Crippen LogP contribution in [0.1, 0.15) is 28.6 Å². The number of hydrogen-bond donors (Lipinski definition) is 2. The molecule has 0 aliphatic rings. The molecule has 0 fully saturated rings. The van der Waals surface area contributed by atoms with Crippen LogP contribution in [0.5, 0.6) is 0 Å². The van der Waals surface area contributed by atoms with Crippen molar-refractivity contribution in [3.05, 3.63) is 52.2 Å². The maximum absolute atomic E-state index is 12.3. The smallest absolute Gasteiger partial charge is 0.251 e. The van der Waals surface area contributed by atoms with Gasteiger partial charge in [0.15, 0.2) is 0 Å². The van der Waals surface area contributed by atoms with Crippen molar-refractivity contribution < 1.29 is 13.2 Å². The Kier molecular flexibility index (Phi) is 5.70. The average Bonchev–Trinajstić information content (AvgIpc) is 3.04. The third kappa shape index (κ3) is 4.40. The van der Waals surface area contributed by atoms with E-state index < -0.39 is 10.0 Å². The Labute approximate surface area is 134 Å². The van der Waals surface area contributed by atoms with E-state index in [1.807, 2.05) is 24.4 Å². The molecule has 2 N–H and O–H groups in total. The fourth-order valence-corrected chi connectivity index (χ4v) is 3.60. The molecule has 22 heavy (non-hydrogen) atoms. The van der Waals surface area contributed by atoms with Crippen molar-refractivity contribution in [1.29, 1.82) is 0 Å². The predicted molar refractivity (Wildman–Crippen MR) is 87.4 cm³/mol. The number of nitrogens with one attached hydrogen (secondary N) is 2. The van der Waals surface area contributed by atoms with Crippen LogP contribution in [-0.4, -0.2) is 20.9 Å². The third-order valence-electron chi connectivity index (χ3n) is 2.96. The second-order valence-electron chi connectivity index (χ2n) is 4.69. The van der Waals surface area contributed by atoms with Crippen LogP contribution in [0.25, 0.3) is 0 Å². The number of hydrogen-bond acceptors (Lipinski definition) is 4. The molecule has 0 radical (unpaired) electrons. The lowest BCUT2D eigenvalue weighted by Gasteiger charge is -2.08. The van der Waals surface area contributed by atoms with Crippen LogP contribution in [-0.2, 0) is 16.6 Å². The SMILES string of the molecule is CCCNC(=O)c1cccc(S(=O)(=O)NCc2cccs2)c1. The van der Waals surface area contributed by atoms with E-state index in [2.05, 4.69) is 10.0 Å². The summed E-state index contributed by atoms with van der Waals surface area (Å²) in [5, 5.41) is 4.62. The highest BCUT2D eigenvalue weighted by Gasteiger charge is 2.16. The summed E-state index contributed by atoms with van der Waals surface area (Å²) in [5.41, 5.74) is 0.340. The van der Waals surface area contributed by atoms with Crippen LogP contribution in [0.4, 0.5) is 0 Å². The molecule has 0 saturated carbocycles. The molecule has 1 aromatic carbocycles. The Balaban J connectivity index is 2.11. The van der Waals surface area contributed by atoms with Crippen molar-refractivity contribution in [1.82, 2.24) is 10.0 Å². The van der Waals surface area contributed by atoms with Gasteiger partial charge in [-0.1, -0.05) is 19.1 Å². The van der Waals surface area contributed by atoms with E-state index in [1.54, 1.807) is 12.1 Å². The highest BCUT2D eigenvalue weighted by Crippen LogP contribution is 2.14. The van der Waals surface area contributed by atoms with Gasteiger partial charge in [-0.25, -0.2) is 13.1 Å². The number of carbonyl (C=O) groups is 1. The topological polar surface area (TPSA) is 75.3 Å². The van der Waals surface area contributed by atoms with Crippen molar-refractivity contribution in [3.63, 3.8) is 0 Å². The molecule has 2 aromatic rings. The van der Waals surface area contributed by atoms with Gasteiger partial charge >= 0.3 is 0 Å². The summed E-state index contributed by atoms with van der Waals surface area (Å²) in [5.74, 6) is -0.267. The molecule has 5 nitrogen and oxygen atoms in total. The molecule has 0 aliphatic heterocycles. The van der Waals surface area contributed by atoms with Crippen molar-refractivity contribution in [2.45, 2.75) is 24.8 Å². The molecule has 0 atom stereocenters. The number of benzene rings is 1. The van der Waals surface area contributed by atoms with Crippen LogP contribution in [0.3, 0.4) is 0 Å². The van der Waals surface area contributed by atoms with E-state index >= 15 is 0 Å². The quantitative estimate of drug-likeness (QED) is 0.814. The minimum absolute atomic E-state index is 0.0909. The van der Waals surface area contributed by atoms with Gasteiger partial charge in [-0.05, 0) is 36.1 Å². The van der Waals surface area contributed by atoms with Gasteiger partial charge < -0.3 is 5.32 Å². The van der Waals surface area contributed by atoms with Crippen molar-refractivity contribution in [2.24, 2.45) is 0 Å². The summed E-state index contributed by atoms with van der Waals surface area (Å²) >= 11 is 1.48. The number of amides is 1. The monoisotopic (exact) mass is 338 g/mol. The van der Waals surface area contributed by atoms with Crippen molar-refractivity contribution >= 4 is 27.3 Å². The van der Waals surface area contributed by atoms with Gasteiger partial charge in [-0.3, -0.25) is 4.79 Å². The van der Waals surface area contributed by atoms with Crippen LogP contribution in [0.2, 0.25) is 0 Å². The molecule has 0 bridgehead atoms. The molecule has 1 amide bonds. The van der Waals surface area contributed by atoms with Gasteiger partial charge in [0.25, 0.3) is 5.91 Å². The molecular weight excluding hydrogens is 320 g/mol. The Morgan fingerprint density at radius 3 is 2.73 bits per heavy atom. The minimum Gasteiger partial charge on any atom is -0.352 e. The molecule has 0 saturated heterocycles. The van der Waals surface area contributed by atoms with E-state index in [-0.39, 0.29) is 17.3 Å². The van der Waals surface area contributed by atoms with Crippen molar-refractivity contribution in [3.8, 4) is 0 Å². The third-order valence-corrected chi connectivity index (χ3v) is 5.23. The molecule has 1 heterocycles. The van der Waals surface area contributed by atoms with Gasteiger partial charge in [0.05, 0.1) is 4.90 Å². The van der Waals surface area contributed by atoms with Crippen molar-refractivity contribution in [2.75, 3.05) is 6.54 Å². The van der Waals surface area contributed by atoms with Gasteiger partial charge in [0.2, 0.25) is 10.0 Å². The van der Waals surface area contributed by atoms with Crippen LogP contribution < -0.4 is 10.0 Å². The first kappa shape index (κ1) is 16.7. The lowest BCUT2D eigenvalue weighted by molar-refractivity contribution is 0.0953. The number of carbonyl (C=O) groups excluding carboxylic acids is 1. The zero-order valence-corrected chi connectivity index (χ0v) is 13.8. The molecule has 0 spiro atoms. The molecule has 1 aromatic heterocycles. The molecular formula is C15H18N2O3S2.